The highest BCUT2D eigenvalue weighted by Gasteiger charge is 1.93. The predicted molar refractivity (Wildman–Crippen MR) is 61.2 cm³/mol. The SMILES string of the molecule is C=CCOC(=O)C#CSc1ccccc1. The Bertz CT molecular complexity index is 387. The molecular weight excluding hydrogens is 208 g/mol. The number of thioether (sulfide) groups is 1. The maximum atomic E-state index is 10.9. The van der Waals surface area contributed by atoms with Crippen LogP contribution in [-0.2, 0) is 9.53 Å². The van der Waals surface area contributed by atoms with Crippen molar-refractivity contribution in [2.75, 3.05) is 6.61 Å². The number of rotatable bonds is 3. The smallest absolute Gasteiger partial charge is 0.385 e. The highest BCUT2D eigenvalue weighted by atomic mass is 32.2. The van der Waals surface area contributed by atoms with E-state index in [4.69, 9.17) is 0 Å². The van der Waals surface area contributed by atoms with Crippen LogP contribution in [-0.4, -0.2) is 12.6 Å². The summed E-state index contributed by atoms with van der Waals surface area (Å²) in [5.41, 5.74) is 0. The standard InChI is InChI=1S/C12H10O2S/c1-2-9-14-12(13)8-10-15-11-6-4-3-5-7-11/h2-7H,1,9H2. The van der Waals surface area contributed by atoms with Crippen LogP contribution in [0.4, 0.5) is 0 Å². The molecule has 0 fully saturated rings. The number of carbonyl (C=O) groups excluding carboxylic acids is 1. The Morgan fingerprint density at radius 3 is 2.87 bits per heavy atom. The molecule has 0 saturated heterocycles. The van der Waals surface area contributed by atoms with Crippen molar-refractivity contribution in [3.05, 3.63) is 43.0 Å². The van der Waals surface area contributed by atoms with Gasteiger partial charge in [0.1, 0.15) is 6.61 Å². The first kappa shape index (κ1) is 11.4. The molecule has 1 rings (SSSR count). The molecule has 0 unspecified atom stereocenters. The van der Waals surface area contributed by atoms with Gasteiger partial charge in [-0.2, -0.15) is 0 Å². The first-order chi connectivity index (χ1) is 7.33. The van der Waals surface area contributed by atoms with E-state index in [-0.39, 0.29) is 6.61 Å². The van der Waals surface area contributed by atoms with Crippen LogP contribution in [0, 0.1) is 11.2 Å². The van der Waals surface area contributed by atoms with Gasteiger partial charge in [0.15, 0.2) is 0 Å². The second kappa shape index (κ2) is 6.74. The minimum Gasteiger partial charge on any atom is -0.452 e. The lowest BCUT2D eigenvalue weighted by Crippen LogP contribution is -1.99. The fraction of sp³-hybridized carbons (Fsp3) is 0.0833. The lowest BCUT2D eigenvalue weighted by molar-refractivity contribution is -0.135. The molecule has 0 spiro atoms. The highest BCUT2D eigenvalue weighted by molar-refractivity contribution is 8.04. The van der Waals surface area contributed by atoms with Crippen LogP contribution >= 0.6 is 11.8 Å². The van der Waals surface area contributed by atoms with Crippen LogP contribution in [0.5, 0.6) is 0 Å². The van der Waals surface area contributed by atoms with Gasteiger partial charge in [0.25, 0.3) is 0 Å². The molecule has 0 saturated carbocycles. The number of ether oxygens (including phenoxy) is 1. The van der Waals surface area contributed by atoms with Crippen LogP contribution in [0.15, 0.2) is 47.9 Å². The van der Waals surface area contributed by atoms with Crippen molar-refractivity contribution in [1.29, 1.82) is 0 Å². The number of hydrogen-bond donors (Lipinski definition) is 0. The second-order valence-electron chi connectivity index (χ2n) is 2.53. The van der Waals surface area contributed by atoms with E-state index in [0.29, 0.717) is 0 Å². The van der Waals surface area contributed by atoms with Crippen LogP contribution in [0.3, 0.4) is 0 Å². The van der Waals surface area contributed by atoms with Gasteiger partial charge >= 0.3 is 5.97 Å². The van der Waals surface area contributed by atoms with Crippen LogP contribution in [0.2, 0.25) is 0 Å². The van der Waals surface area contributed by atoms with Crippen molar-refractivity contribution in [3.8, 4) is 11.2 Å². The summed E-state index contributed by atoms with van der Waals surface area (Å²) in [6.07, 6.45) is 1.50. The van der Waals surface area contributed by atoms with Crippen LogP contribution in [0.25, 0.3) is 0 Å². The van der Waals surface area contributed by atoms with E-state index < -0.39 is 5.97 Å². The largest absolute Gasteiger partial charge is 0.452 e. The van der Waals surface area contributed by atoms with E-state index in [9.17, 15) is 4.79 Å². The molecule has 3 heteroatoms. The number of esters is 1. The molecule has 2 nitrogen and oxygen atoms in total. The Labute approximate surface area is 93.3 Å². The minimum absolute atomic E-state index is 0.198. The minimum atomic E-state index is -0.529. The lowest BCUT2D eigenvalue weighted by atomic mass is 10.4. The molecule has 0 bridgehead atoms. The van der Waals surface area contributed by atoms with Crippen molar-refractivity contribution in [2.45, 2.75) is 4.90 Å². The van der Waals surface area contributed by atoms with Crippen molar-refractivity contribution in [2.24, 2.45) is 0 Å². The van der Waals surface area contributed by atoms with E-state index in [2.05, 4.69) is 22.5 Å². The normalized spacial score (nSPS) is 8.53. The zero-order valence-electron chi connectivity index (χ0n) is 8.10. The van der Waals surface area contributed by atoms with Gasteiger partial charge in [0.2, 0.25) is 0 Å². The molecule has 0 heterocycles. The molecule has 0 radical (unpaired) electrons. The quantitative estimate of drug-likeness (QED) is 0.337. The maximum absolute atomic E-state index is 10.9. The third kappa shape index (κ3) is 4.94. The van der Waals surface area contributed by atoms with Gasteiger partial charge in [0, 0.05) is 10.8 Å². The number of benzene rings is 1. The van der Waals surface area contributed by atoms with Crippen molar-refractivity contribution in [3.63, 3.8) is 0 Å². The van der Waals surface area contributed by atoms with Crippen LogP contribution < -0.4 is 0 Å². The summed E-state index contributed by atoms with van der Waals surface area (Å²) < 4.78 is 4.69. The van der Waals surface area contributed by atoms with Crippen LogP contribution in [0.1, 0.15) is 0 Å². The molecule has 0 aromatic heterocycles. The predicted octanol–water partition coefficient (Wildman–Crippen LogP) is 2.47. The van der Waals surface area contributed by atoms with Gasteiger partial charge in [-0.1, -0.05) is 30.9 Å². The van der Waals surface area contributed by atoms with E-state index >= 15 is 0 Å². The maximum Gasteiger partial charge on any atom is 0.385 e. The Balaban J connectivity index is 2.40. The van der Waals surface area contributed by atoms with Gasteiger partial charge in [0.05, 0.1) is 0 Å². The molecule has 76 valence electrons. The third-order valence-corrected chi connectivity index (χ3v) is 2.11. The molecule has 1 aromatic rings. The summed E-state index contributed by atoms with van der Waals surface area (Å²) in [4.78, 5) is 11.9. The lowest BCUT2D eigenvalue weighted by Gasteiger charge is -1.92. The fourth-order valence-electron chi connectivity index (χ4n) is 0.785. The topological polar surface area (TPSA) is 26.3 Å². The molecule has 0 atom stereocenters. The van der Waals surface area contributed by atoms with E-state index in [0.717, 1.165) is 4.90 Å². The fourth-order valence-corrected chi connectivity index (χ4v) is 1.33. The van der Waals surface area contributed by atoms with Gasteiger partial charge in [-0.05, 0) is 29.1 Å². The molecule has 15 heavy (non-hydrogen) atoms. The third-order valence-electron chi connectivity index (χ3n) is 1.40. The average molecular weight is 218 g/mol. The van der Waals surface area contributed by atoms with Crippen molar-refractivity contribution >= 4 is 17.7 Å². The monoisotopic (exact) mass is 218 g/mol. The number of carbonyl (C=O) groups is 1. The van der Waals surface area contributed by atoms with Gasteiger partial charge in [-0.15, -0.1) is 0 Å². The molecular formula is C12H10O2S. The Hall–Kier alpha value is -1.66. The summed E-state index contributed by atoms with van der Waals surface area (Å²) in [7, 11) is 0. The zero-order chi connectivity index (χ0) is 10.9. The van der Waals surface area contributed by atoms with E-state index in [1.54, 1.807) is 0 Å². The summed E-state index contributed by atoms with van der Waals surface area (Å²) >= 11 is 1.29. The summed E-state index contributed by atoms with van der Waals surface area (Å²) in [6, 6.07) is 9.61. The first-order valence-corrected chi connectivity index (χ1v) is 5.15. The number of hydrogen-bond acceptors (Lipinski definition) is 3. The Morgan fingerprint density at radius 2 is 2.20 bits per heavy atom. The second-order valence-corrected chi connectivity index (χ2v) is 3.41. The molecule has 0 aliphatic heterocycles. The van der Waals surface area contributed by atoms with E-state index in [1.807, 2.05) is 30.3 Å². The first-order valence-electron chi connectivity index (χ1n) is 4.33. The molecule has 1 aromatic carbocycles. The molecule has 0 N–H and O–H groups in total. The van der Waals surface area contributed by atoms with Gasteiger partial charge in [-0.25, -0.2) is 4.79 Å². The molecule has 0 aliphatic rings. The Kier molecular flexibility index (Phi) is 5.13. The molecule has 0 aliphatic carbocycles. The van der Waals surface area contributed by atoms with E-state index in [1.165, 1.54) is 17.8 Å². The summed E-state index contributed by atoms with van der Waals surface area (Å²) in [5.74, 6) is 1.84. The van der Waals surface area contributed by atoms with Crippen molar-refractivity contribution < 1.29 is 9.53 Å². The molecule has 0 amide bonds. The Morgan fingerprint density at radius 1 is 1.47 bits per heavy atom. The summed E-state index contributed by atoms with van der Waals surface area (Å²) in [6.45, 7) is 3.63. The van der Waals surface area contributed by atoms with Gasteiger partial charge < -0.3 is 4.74 Å². The highest BCUT2D eigenvalue weighted by Crippen LogP contribution is 2.14. The van der Waals surface area contributed by atoms with Crippen molar-refractivity contribution in [1.82, 2.24) is 0 Å². The van der Waals surface area contributed by atoms with Gasteiger partial charge in [-0.3, -0.25) is 0 Å². The summed E-state index contributed by atoms with van der Waals surface area (Å²) in [5, 5.41) is 2.67. The zero-order valence-corrected chi connectivity index (χ0v) is 8.92. The average Bonchev–Trinajstić information content (AvgIpc) is 2.28.